The summed E-state index contributed by atoms with van der Waals surface area (Å²) in [6.45, 7) is 1.52. The van der Waals surface area contributed by atoms with Crippen LogP contribution in [-0.4, -0.2) is 24.4 Å². The lowest BCUT2D eigenvalue weighted by molar-refractivity contribution is -0.147. The number of nitrogens with one attached hydrogen (secondary N) is 2. The summed E-state index contributed by atoms with van der Waals surface area (Å²) in [7, 11) is 0. The largest absolute Gasteiger partial charge is 0.457 e. The van der Waals surface area contributed by atoms with Crippen molar-refractivity contribution in [3.63, 3.8) is 0 Å². The van der Waals surface area contributed by atoms with Gasteiger partial charge in [0.25, 0.3) is 5.91 Å². The molecular formula is C25H24N2O5. The molecular weight excluding hydrogens is 408 g/mol. The van der Waals surface area contributed by atoms with Crippen LogP contribution < -0.4 is 15.4 Å². The quantitative estimate of drug-likeness (QED) is 0.479. The van der Waals surface area contributed by atoms with Gasteiger partial charge >= 0.3 is 5.97 Å². The fourth-order valence-electron chi connectivity index (χ4n) is 2.72. The number of aryl methyl sites for hydroxylation is 1. The van der Waals surface area contributed by atoms with E-state index < -0.39 is 18.5 Å². The van der Waals surface area contributed by atoms with Crippen LogP contribution in [0.15, 0.2) is 78.9 Å². The monoisotopic (exact) mass is 432 g/mol. The molecule has 2 N–H and O–H groups in total. The molecule has 0 heterocycles. The summed E-state index contributed by atoms with van der Waals surface area (Å²) < 4.78 is 10.6. The Labute approximate surface area is 186 Å². The Morgan fingerprint density at radius 1 is 0.688 bits per heavy atom. The molecule has 0 aromatic heterocycles. The van der Waals surface area contributed by atoms with Gasteiger partial charge in [-0.3, -0.25) is 14.4 Å². The standard InChI is InChI=1S/C25H24N2O5/c1-18-7-9-19(10-8-18)26-23(28)15-16-25(30)31-17-24(29)27-20-11-13-22(14-12-20)32-21-5-3-2-4-6-21/h2-14H,15-17H2,1H3,(H,26,28)(H,27,29). The number of carbonyl (C=O) groups excluding carboxylic acids is 3. The predicted octanol–water partition coefficient (Wildman–Crippen LogP) is 4.69. The van der Waals surface area contributed by atoms with E-state index in [4.69, 9.17) is 9.47 Å². The van der Waals surface area contributed by atoms with Crippen LogP contribution in [0, 0.1) is 6.92 Å². The molecule has 0 aliphatic heterocycles. The Bertz CT molecular complexity index is 1050. The Morgan fingerprint density at radius 2 is 1.25 bits per heavy atom. The van der Waals surface area contributed by atoms with Crippen LogP contribution in [0.3, 0.4) is 0 Å². The van der Waals surface area contributed by atoms with Crippen molar-refractivity contribution in [2.45, 2.75) is 19.8 Å². The molecule has 0 atom stereocenters. The van der Waals surface area contributed by atoms with Gasteiger partial charge in [0, 0.05) is 17.8 Å². The van der Waals surface area contributed by atoms with E-state index in [1.807, 2.05) is 49.4 Å². The van der Waals surface area contributed by atoms with Gasteiger partial charge in [0.1, 0.15) is 11.5 Å². The van der Waals surface area contributed by atoms with Gasteiger partial charge < -0.3 is 20.1 Å². The number of hydrogen-bond donors (Lipinski definition) is 2. The van der Waals surface area contributed by atoms with E-state index in [0.29, 0.717) is 22.9 Å². The first-order chi connectivity index (χ1) is 15.5. The van der Waals surface area contributed by atoms with Crippen molar-refractivity contribution < 1.29 is 23.9 Å². The van der Waals surface area contributed by atoms with Gasteiger partial charge in [-0.25, -0.2) is 0 Å². The van der Waals surface area contributed by atoms with E-state index in [0.717, 1.165) is 5.56 Å². The van der Waals surface area contributed by atoms with Crippen molar-refractivity contribution in [3.05, 3.63) is 84.4 Å². The fraction of sp³-hybridized carbons (Fsp3) is 0.160. The Kier molecular flexibility index (Phi) is 7.97. The van der Waals surface area contributed by atoms with Gasteiger partial charge in [-0.05, 0) is 55.5 Å². The molecule has 0 fully saturated rings. The van der Waals surface area contributed by atoms with Gasteiger partial charge in [0.15, 0.2) is 6.61 Å². The van der Waals surface area contributed by atoms with E-state index >= 15 is 0 Å². The second kappa shape index (κ2) is 11.3. The molecule has 0 bridgehead atoms. The summed E-state index contributed by atoms with van der Waals surface area (Å²) in [6, 6.07) is 23.5. The molecule has 3 aromatic rings. The van der Waals surface area contributed by atoms with Gasteiger partial charge in [0.05, 0.1) is 6.42 Å². The Hall–Kier alpha value is -4.13. The lowest BCUT2D eigenvalue weighted by atomic mass is 10.2. The number of para-hydroxylation sites is 1. The number of amides is 2. The second-order valence-electron chi connectivity index (χ2n) is 7.06. The van der Waals surface area contributed by atoms with Crippen molar-refractivity contribution in [1.29, 1.82) is 0 Å². The summed E-state index contributed by atoms with van der Waals surface area (Å²) in [6.07, 6.45) is -0.145. The number of esters is 1. The summed E-state index contributed by atoms with van der Waals surface area (Å²) in [5.41, 5.74) is 2.29. The van der Waals surface area contributed by atoms with Crippen LogP contribution in [-0.2, 0) is 19.1 Å². The minimum atomic E-state index is -0.620. The zero-order chi connectivity index (χ0) is 22.8. The smallest absolute Gasteiger partial charge is 0.306 e. The van der Waals surface area contributed by atoms with Crippen LogP contribution in [0.2, 0.25) is 0 Å². The number of hydrogen-bond acceptors (Lipinski definition) is 5. The molecule has 7 heteroatoms. The predicted molar refractivity (Wildman–Crippen MR) is 122 cm³/mol. The molecule has 3 aromatic carbocycles. The minimum Gasteiger partial charge on any atom is -0.457 e. The fourth-order valence-corrected chi connectivity index (χ4v) is 2.72. The molecule has 0 saturated heterocycles. The van der Waals surface area contributed by atoms with E-state index in [1.54, 1.807) is 36.4 Å². The number of rotatable bonds is 9. The van der Waals surface area contributed by atoms with Crippen LogP contribution in [0.4, 0.5) is 11.4 Å². The number of carbonyl (C=O) groups is 3. The average Bonchev–Trinajstić information content (AvgIpc) is 2.80. The highest BCUT2D eigenvalue weighted by molar-refractivity contribution is 5.94. The SMILES string of the molecule is Cc1ccc(NC(=O)CCC(=O)OCC(=O)Nc2ccc(Oc3ccccc3)cc2)cc1. The first kappa shape index (κ1) is 22.6. The maximum atomic E-state index is 12.0. The summed E-state index contributed by atoms with van der Waals surface area (Å²) in [5, 5.41) is 5.34. The highest BCUT2D eigenvalue weighted by atomic mass is 16.5. The van der Waals surface area contributed by atoms with Gasteiger partial charge in [-0.15, -0.1) is 0 Å². The van der Waals surface area contributed by atoms with Gasteiger partial charge in [-0.2, -0.15) is 0 Å². The van der Waals surface area contributed by atoms with E-state index in [-0.39, 0.29) is 18.7 Å². The van der Waals surface area contributed by atoms with E-state index in [9.17, 15) is 14.4 Å². The zero-order valence-electron chi connectivity index (χ0n) is 17.7. The third-order valence-corrected chi connectivity index (χ3v) is 4.37. The lowest BCUT2D eigenvalue weighted by Gasteiger charge is -2.09. The number of benzene rings is 3. The maximum Gasteiger partial charge on any atom is 0.306 e. The summed E-state index contributed by atoms with van der Waals surface area (Å²) in [5.74, 6) is -0.0497. The highest BCUT2D eigenvalue weighted by Crippen LogP contribution is 2.22. The molecule has 3 rings (SSSR count). The summed E-state index contributed by atoms with van der Waals surface area (Å²) in [4.78, 5) is 35.7. The van der Waals surface area contributed by atoms with Crippen LogP contribution in [0.1, 0.15) is 18.4 Å². The lowest BCUT2D eigenvalue weighted by Crippen LogP contribution is -2.21. The Morgan fingerprint density at radius 3 is 1.91 bits per heavy atom. The van der Waals surface area contributed by atoms with Crippen LogP contribution in [0.5, 0.6) is 11.5 Å². The molecule has 0 aliphatic carbocycles. The third kappa shape index (κ3) is 7.60. The van der Waals surface area contributed by atoms with Gasteiger partial charge in [-0.1, -0.05) is 35.9 Å². The van der Waals surface area contributed by atoms with Crippen molar-refractivity contribution in [2.24, 2.45) is 0 Å². The van der Waals surface area contributed by atoms with Gasteiger partial charge in [0.2, 0.25) is 5.91 Å². The van der Waals surface area contributed by atoms with Crippen molar-refractivity contribution in [3.8, 4) is 11.5 Å². The Balaban J connectivity index is 1.35. The molecule has 0 aliphatic rings. The molecule has 0 radical (unpaired) electrons. The highest BCUT2D eigenvalue weighted by Gasteiger charge is 2.11. The molecule has 7 nitrogen and oxygen atoms in total. The minimum absolute atomic E-state index is 0.0306. The van der Waals surface area contributed by atoms with Crippen molar-refractivity contribution in [1.82, 2.24) is 0 Å². The topological polar surface area (TPSA) is 93.7 Å². The third-order valence-electron chi connectivity index (χ3n) is 4.37. The van der Waals surface area contributed by atoms with Crippen LogP contribution in [0.25, 0.3) is 0 Å². The maximum absolute atomic E-state index is 12.0. The number of ether oxygens (including phenoxy) is 2. The second-order valence-corrected chi connectivity index (χ2v) is 7.06. The zero-order valence-corrected chi connectivity index (χ0v) is 17.7. The molecule has 164 valence electrons. The van der Waals surface area contributed by atoms with E-state index in [2.05, 4.69) is 10.6 Å². The first-order valence-corrected chi connectivity index (χ1v) is 10.1. The normalized spacial score (nSPS) is 10.2. The molecule has 0 unspecified atom stereocenters. The average molecular weight is 432 g/mol. The summed E-state index contributed by atoms with van der Waals surface area (Å²) >= 11 is 0. The molecule has 2 amide bonds. The molecule has 0 spiro atoms. The van der Waals surface area contributed by atoms with Crippen molar-refractivity contribution in [2.75, 3.05) is 17.2 Å². The van der Waals surface area contributed by atoms with Crippen LogP contribution >= 0.6 is 0 Å². The van der Waals surface area contributed by atoms with E-state index in [1.165, 1.54) is 0 Å². The first-order valence-electron chi connectivity index (χ1n) is 10.1. The molecule has 32 heavy (non-hydrogen) atoms. The number of anilines is 2. The van der Waals surface area contributed by atoms with Crippen molar-refractivity contribution >= 4 is 29.2 Å². The molecule has 0 saturated carbocycles.